The van der Waals surface area contributed by atoms with E-state index in [2.05, 4.69) is 0 Å². The lowest BCUT2D eigenvalue weighted by molar-refractivity contribution is -0.152. The third kappa shape index (κ3) is 4.84. The van der Waals surface area contributed by atoms with Crippen LogP contribution in [0, 0.1) is 5.82 Å². The Morgan fingerprint density at radius 3 is 2.38 bits per heavy atom. The highest BCUT2D eigenvalue weighted by molar-refractivity contribution is 5.30. The molecule has 120 valence electrons. The van der Waals surface area contributed by atoms with Crippen LogP contribution in [0.2, 0.25) is 0 Å². The van der Waals surface area contributed by atoms with Crippen molar-refractivity contribution in [3.63, 3.8) is 0 Å². The number of hydrogen-bond acceptors (Lipinski definition) is 2. The first kappa shape index (κ1) is 17.7. The maximum Gasteiger partial charge on any atom is 0.310 e. The predicted octanol–water partition coefficient (Wildman–Crippen LogP) is 4.59. The maximum atomic E-state index is 13.7. The number of methoxy groups -OCH3 is 1. The standard InChI is InChI=1S/C14H17F5O2/c1-3-6-21-11-5-4-9(7-10(11)15)12(20-2)8-14(18,19)13(16)17/h4-5,7,12-13H,3,6,8H2,1-2H3. The summed E-state index contributed by atoms with van der Waals surface area (Å²) in [6.07, 6.45) is -5.67. The van der Waals surface area contributed by atoms with E-state index in [9.17, 15) is 22.0 Å². The number of ether oxygens (including phenoxy) is 2. The first-order valence-electron chi connectivity index (χ1n) is 6.42. The van der Waals surface area contributed by atoms with Crippen LogP contribution in [0.25, 0.3) is 0 Å². The zero-order valence-electron chi connectivity index (χ0n) is 11.7. The lowest BCUT2D eigenvalue weighted by Crippen LogP contribution is -2.29. The van der Waals surface area contributed by atoms with Gasteiger partial charge in [-0.3, -0.25) is 0 Å². The van der Waals surface area contributed by atoms with E-state index in [-0.39, 0.29) is 11.3 Å². The second kappa shape index (κ2) is 7.59. The molecule has 0 spiro atoms. The molecule has 1 unspecified atom stereocenters. The molecule has 0 fully saturated rings. The Hall–Kier alpha value is -1.37. The third-order valence-corrected chi connectivity index (χ3v) is 2.85. The summed E-state index contributed by atoms with van der Waals surface area (Å²) in [5.41, 5.74) is 0.0548. The quantitative estimate of drug-likeness (QED) is 0.654. The summed E-state index contributed by atoms with van der Waals surface area (Å²) in [7, 11) is 1.10. The van der Waals surface area contributed by atoms with E-state index in [1.165, 1.54) is 12.1 Å². The molecule has 1 aromatic carbocycles. The van der Waals surface area contributed by atoms with Crippen molar-refractivity contribution in [1.82, 2.24) is 0 Å². The highest BCUT2D eigenvalue weighted by Crippen LogP contribution is 2.36. The van der Waals surface area contributed by atoms with Crippen molar-refractivity contribution in [3.8, 4) is 5.75 Å². The van der Waals surface area contributed by atoms with Gasteiger partial charge in [0.2, 0.25) is 0 Å². The summed E-state index contributed by atoms with van der Waals surface area (Å²) in [4.78, 5) is 0. The van der Waals surface area contributed by atoms with Gasteiger partial charge in [-0.25, -0.2) is 22.0 Å². The van der Waals surface area contributed by atoms with Gasteiger partial charge in [-0.05, 0) is 24.1 Å². The summed E-state index contributed by atoms with van der Waals surface area (Å²) >= 11 is 0. The molecule has 1 rings (SSSR count). The number of hydrogen-bond donors (Lipinski definition) is 0. The molecule has 0 N–H and O–H groups in total. The average Bonchev–Trinajstić information content (AvgIpc) is 2.43. The van der Waals surface area contributed by atoms with Crippen molar-refractivity contribution in [1.29, 1.82) is 0 Å². The first-order chi connectivity index (χ1) is 9.81. The van der Waals surface area contributed by atoms with Gasteiger partial charge in [0.15, 0.2) is 11.6 Å². The summed E-state index contributed by atoms with van der Waals surface area (Å²) < 4.78 is 74.2. The first-order valence-corrected chi connectivity index (χ1v) is 6.42. The zero-order valence-corrected chi connectivity index (χ0v) is 11.7. The second-order valence-electron chi connectivity index (χ2n) is 4.53. The van der Waals surface area contributed by atoms with Crippen LogP contribution in [-0.4, -0.2) is 26.1 Å². The number of halogens is 5. The third-order valence-electron chi connectivity index (χ3n) is 2.85. The van der Waals surface area contributed by atoms with E-state index in [4.69, 9.17) is 9.47 Å². The maximum absolute atomic E-state index is 13.7. The molecule has 2 nitrogen and oxygen atoms in total. The highest BCUT2D eigenvalue weighted by atomic mass is 19.3. The predicted molar refractivity (Wildman–Crippen MR) is 67.5 cm³/mol. The Bertz CT molecular complexity index is 451. The molecule has 0 aromatic heterocycles. The summed E-state index contributed by atoms with van der Waals surface area (Å²) in [6, 6.07) is 3.55. The Morgan fingerprint density at radius 1 is 1.24 bits per heavy atom. The lowest BCUT2D eigenvalue weighted by atomic mass is 10.0. The molecule has 0 radical (unpaired) electrons. The van der Waals surface area contributed by atoms with Gasteiger partial charge < -0.3 is 9.47 Å². The van der Waals surface area contributed by atoms with Crippen LogP contribution in [0.15, 0.2) is 18.2 Å². The molecule has 0 aliphatic heterocycles. The topological polar surface area (TPSA) is 18.5 Å². The molecule has 1 aromatic rings. The fourth-order valence-electron chi connectivity index (χ4n) is 1.72. The van der Waals surface area contributed by atoms with Gasteiger partial charge in [0, 0.05) is 13.5 Å². The molecule has 7 heteroatoms. The van der Waals surface area contributed by atoms with Crippen LogP contribution in [0.1, 0.15) is 31.4 Å². The van der Waals surface area contributed by atoms with Crippen LogP contribution in [0.3, 0.4) is 0 Å². The van der Waals surface area contributed by atoms with E-state index in [0.717, 1.165) is 13.2 Å². The number of alkyl halides is 4. The average molecular weight is 312 g/mol. The minimum Gasteiger partial charge on any atom is -0.491 e. The molecule has 0 bridgehead atoms. The lowest BCUT2D eigenvalue weighted by Gasteiger charge is -2.22. The van der Waals surface area contributed by atoms with Gasteiger partial charge in [-0.1, -0.05) is 13.0 Å². The molecule has 0 heterocycles. The van der Waals surface area contributed by atoms with Crippen LogP contribution >= 0.6 is 0 Å². The van der Waals surface area contributed by atoms with Crippen molar-refractivity contribution in [2.75, 3.05) is 13.7 Å². The summed E-state index contributed by atoms with van der Waals surface area (Å²) in [5.74, 6) is -4.96. The van der Waals surface area contributed by atoms with Gasteiger partial charge in [0.05, 0.1) is 12.7 Å². The van der Waals surface area contributed by atoms with Gasteiger partial charge in [0.1, 0.15) is 0 Å². The molecule has 21 heavy (non-hydrogen) atoms. The fraction of sp³-hybridized carbons (Fsp3) is 0.571. The summed E-state index contributed by atoms with van der Waals surface area (Å²) in [6.45, 7) is 2.16. The van der Waals surface area contributed by atoms with Crippen LogP contribution in [-0.2, 0) is 4.74 Å². The second-order valence-corrected chi connectivity index (χ2v) is 4.53. The van der Waals surface area contributed by atoms with E-state index in [1.807, 2.05) is 6.92 Å². The molecule has 1 atom stereocenters. The van der Waals surface area contributed by atoms with Gasteiger partial charge in [-0.2, -0.15) is 0 Å². The van der Waals surface area contributed by atoms with Gasteiger partial charge >= 0.3 is 12.3 Å². The van der Waals surface area contributed by atoms with E-state index < -0.39 is 30.7 Å². The smallest absolute Gasteiger partial charge is 0.310 e. The highest BCUT2D eigenvalue weighted by Gasteiger charge is 2.43. The monoisotopic (exact) mass is 312 g/mol. The molecular formula is C14H17F5O2. The normalized spacial score (nSPS) is 13.5. The molecule has 0 saturated heterocycles. The largest absolute Gasteiger partial charge is 0.491 e. The fourth-order valence-corrected chi connectivity index (χ4v) is 1.72. The van der Waals surface area contributed by atoms with Crippen LogP contribution < -0.4 is 4.74 Å². The van der Waals surface area contributed by atoms with Gasteiger partial charge in [-0.15, -0.1) is 0 Å². The minimum absolute atomic E-state index is 0.0175. The van der Waals surface area contributed by atoms with E-state index >= 15 is 0 Å². The van der Waals surface area contributed by atoms with Crippen LogP contribution in [0.4, 0.5) is 22.0 Å². The Labute approximate surface area is 119 Å². The van der Waals surface area contributed by atoms with E-state index in [1.54, 1.807) is 0 Å². The van der Waals surface area contributed by atoms with Crippen molar-refractivity contribution in [2.45, 2.75) is 38.2 Å². The van der Waals surface area contributed by atoms with Crippen molar-refractivity contribution < 1.29 is 31.4 Å². The zero-order chi connectivity index (χ0) is 16.0. The van der Waals surface area contributed by atoms with Gasteiger partial charge in [0.25, 0.3) is 0 Å². The van der Waals surface area contributed by atoms with Crippen molar-refractivity contribution >= 4 is 0 Å². The molecule has 0 saturated carbocycles. The SMILES string of the molecule is CCCOc1ccc(C(CC(F)(F)C(F)F)OC)cc1F. The number of rotatable bonds is 8. The Morgan fingerprint density at radius 2 is 1.90 bits per heavy atom. The van der Waals surface area contributed by atoms with Crippen molar-refractivity contribution in [2.24, 2.45) is 0 Å². The molecule has 0 aliphatic rings. The summed E-state index contributed by atoms with van der Waals surface area (Å²) in [5, 5.41) is 0. The Balaban J connectivity index is 2.89. The molecule has 0 amide bonds. The molecule has 0 aliphatic carbocycles. The van der Waals surface area contributed by atoms with Crippen LogP contribution in [0.5, 0.6) is 5.75 Å². The van der Waals surface area contributed by atoms with E-state index in [0.29, 0.717) is 13.0 Å². The number of benzene rings is 1. The van der Waals surface area contributed by atoms with Crippen molar-refractivity contribution in [3.05, 3.63) is 29.6 Å². The Kier molecular flexibility index (Phi) is 6.39. The molecular weight excluding hydrogens is 295 g/mol. The minimum atomic E-state index is -4.20.